The number of halogens is 1. The van der Waals surface area contributed by atoms with E-state index in [4.69, 9.17) is 21.4 Å². The van der Waals surface area contributed by atoms with E-state index < -0.39 is 5.97 Å². The van der Waals surface area contributed by atoms with Crippen molar-refractivity contribution in [3.8, 4) is 23.6 Å². The number of hydrogen-bond acceptors (Lipinski definition) is 3. The van der Waals surface area contributed by atoms with Crippen LogP contribution in [0.25, 0.3) is 11.0 Å². The number of benzene rings is 2. The average Bonchev–Trinajstić information content (AvgIpc) is 3.07. The van der Waals surface area contributed by atoms with E-state index >= 15 is 0 Å². The molecule has 0 amide bonds. The molecule has 0 radical (unpaired) electrons. The van der Waals surface area contributed by atoms with Crippen molar-refractivity contribution in [2.75, 3.05) is 0 Å². The number of rotatable bonds is 4. The summed E-state index contributed by atoms with van der Waals surface area (Å²) in [5.74, 6) is 6.17. The van der Waals surface area contributed by atoms with Crippen LogP contribution < -0.4 is 4.74 Å². The number of H-pyrrole nitrogens is 1. The second-order valence-corrected chi connectivity index (χ2v) is 7.04. The molecule has 1 atom stereocenters. The Morgan fingerprint density at radius 2 is 2.21 bits per heavy atom. The van der Waals surface area contributed by atoms with Crippen LogP contribution in [0.15, 0.2) is 60.7 Å². The van der Waals surface area contributed by atoms with Gasteiger partial charge in [0.2, 0.25) is 0 Å². The second-order valence-electron chi connectivity index (χ2n) is 6.64. The van der Waals surface area contributed by atoms with Crippen molar-refractivity contribution in [1.82, 2.24) is 9.97 Å². The van der Waals surface area contributed by atoms with Crippen LogP contribution in [0, 0.1) is 17.8 Å². The Morgan fingerprint density at radius 1 is 1.31 bits per heavy atom. The monoisotopic (exact) mass is 404 g/mol. The van der Waals surface area contributed by atoms with Crippen molar-refractivity contribution in [1.29, 1.82) is 0 Å². The average molecular weight is 405 g/mol. The Morgan fingerprint density at radius 3 is 3.00 bits per heavy atom. The molecule has 0 saturated carbocycles. The highest BCUT2D eigenvalue weighted by molar-refractivity contribution is 6.32. The number of allylic oxidation sites excluding steroid dienone is 4. The predicted molar refractivity (Wildman–Crippen MR) is 112 cm³/mol. The maximum Gasteiger partial charge on any atom is 0.307 e. The van der Waals surface area contributed by atoms with E-state index in [-0.39, 0.29) is 12.3 Å². The number of imidazole rings is 1. The number of nitrogens with one attached hydrogen (secondary N) is 1. The summed E-state index contributed by atoms with van der Waals surface area (Å²) in [6.07, 6.45) is 9.00. The first kappa shape index (κ1) is 18.9. The van der Waals surface area contributed by atoms with E-state index in [9.17, 15) is 4.79 Å². The Hall–Kier alpha value is -3.49. The van der Waals surface area contributed by atoms with Crippen molar-refractivity contribution in [2.45, 2.75) is 12.8 Å². The summed E-state index contributed by atoms with van der Waals surface area (Å²) in [5, 5.41) is 9.46. The van der Waals surface area contributed by atoms with E-state index in [1.54, 1.807) is 30.3 Å². The summed E-state index contributed by atoms with van der Waals surface area (Å²) in [6, 6.07) is 10.8. The first-order valence-electron chi connectivity index (χ1n) is 9.09. The lowest BCUT2D eigenvalue weighted by atomic mass is 10.0. The van der Waals surface area contributed by atoms with Crippen molar-refractivity contribution >= 4 is 28.6 Å². The van der Waals surface area contributed by atoms with Crippen LogP contribution in [0.3, 0.4) is 0 Å². The van der Waals surface area contributed by atoms with Crippen LogP contribution in [-0.2, 0) is 11.2 Å². The van der Waals surface area contributed by atoms with E-state index in [1.807, 2.05) is 18.2 Å². The number of nitrogens with zero attached hydrogens (tertiary/aromatic N) is 1. The maximum atomic E-state index is 10.9. The summed E-state index contributed by atoms with van der Waals surface area (Å²) in [7, 11) is 0. The predicted octanol–water partition coefficient (Wildman–Crippen LogP) is 5.12. The van der Waals surface area contributed by atoms with Gasteiger partial charge in [0.05, 0.1) is 22.5 Å². The maximum absolute atomic E-state index is 10.9. The van der Waals surface area contributed by atoms with E-state index in [1.165, 1.54) is 0 Å². The topological polar surface area (TPSA) is 75.2 Å². The van der Waals surface area contributed by atoms with Gasteiger partial charge in [-0.25, -0.2) is 0 Å². The SMILES string of the molecule is O=C(O)Cc1cccc(Oc2nc3cc(Cl)c(C#CC4C=CC=CC4)cc3[nH]2)c1. The van der Waals surface area contributed by atoms with Crippen LogP contribution in [0.2, 0.25) is 5.02 Å². The molecule has 1 aliphatic carbocycles. The molecular weight excluding hydrogens is 388 g/mol. The molecule has 1 aromatic heterocycles. The number of hydrogen-bond donors (Lipinski definition) is 2. The third-order valence-corrected chi connectivity index (χ3v) is 4.70. The molecule has 3 aromatic rings. The first-order valence-corrected chi connectivity index (χ1v) is 9.47. The molecule has 2 N–H and O–H groups in total. The zero-order valence-corrected chi connectivity index (χ0v) is 16.1. The van der Waals surface area contributed by atoms with Crippen molar-refractivity contribution < 1.29 is 14.6 Å². The molecule has 1 unspecified atom stereocenters. The molecule has 2 aromatic carbocycles. The van der Waals surface area contributed by atoms with Gasteiger partial charge in [-0.3, -0.25) is 4.79 Å². The molecule has 0 fully saturated rings. The molecule has 0 saturated heterocycles. The van der Waals surface area contributed by atoms with Crippen LogP contribution in [-0.4, -0.2) is 21.0 Å². The molecule has 5 nitrogen and oxygen atoms in total. The smallest absolute Gasteiger partial charge is 0.307 e. The molecule has 0 spiro atoms. The van der Waals surface area contributed by atoms with Gasteiger partial charge in [0.25, 0.3) is 6.01 Å². The highest BCUT2D eigenvalue weighted by Crippen LogP contribution is 2.27. The zero-order chi connectivity index (χ0) is 20.2. The van der Waals surface area contributed by atoms with Gasteiger partial charge in [-0.1, -0.05) is 59.9 Å². The minimum absolute atomic E-state index is 0.0685. The van der Waals surface area contributed by atoms with E-state index in [0.29, 0.717) is 27.9 Å². The summed E-state index contributed by atoms with van der Waals surface area (Å²) in [6.45, 7) is 0. The Bertz CT molecular complexity index is 1200. The number of ether oxygens (including phenoxy) is 1. The third kappa shape index (κ3) is 4.68. The summed E-state index contributed by atoms with van der Waals surface area (Å²) in [5.41, 5.74) is 2.80. The summed E-state index contributed by atoms with van der Waals surface area (Å²) >= 11 is 6.37. The van der Waals surface area contributed by atoms with Crippen molar-refractivity contribution in [2.24, 2.45) is 5.92 Å². The lowest BCUT2D eigenvalue weighted by Crippen LogP contribution is -1.99. The highest BCUT2D eigenvalue weighted by Gasteiger charge is 2.10. The van der Waals surface area contributed by atoms with Gasteiger partial charge in [-0.2, -0.15) is 4.98 Å². The lowest BCUT2D eigenvalue weighted by Gasteiger charge is -2.03. The fourth-order valence-corrected chi connectivity index (χ4v) is 3.22. The van der Waals surface area contributed by atoms with Gasteiger partial charge in [-0.05, 0) is 36.2 Å². The highest BCUT2D eigenvalue weighted by atomic mass is 35.5. The summed E-state index contributed by atoms with van der Waals surface area (Å²) < 4.78 is 5.77. The van der Waals surface area contributed by atoms with Crippen LogP contribution in [0.4, 0.5) is 0 Å². The third-order valence-electron chi connectivity index (χ3n) is 4.39. The van der Waals surface area contributed by atoms with E-state index in [0.717, 1.165) is 17.5 Å². The fourth-order valence-electron chi connectivity index (χ4n) is 3.02. The Labute approximate surface area is 172 Å². The van der Waals surface area contributed by atoms with Gasteiger partial charge < -0.3 is 14.8 Å². The molecule has 4 rings (SSSR count). The van der Waals surface area contributed by atoms with Crippen molar-refractivity contribution in [3.63, 3.8) is 0 Å². The zero-order valence-electron chi connectivity index (χ0n) is 15.4. The summed E-state index contributed by atoms with van der Waals surface area (Å²) in [4.78, 5) is 18.4. The number of carboxylic acids is 1. The molecule has 0 bridgehead atoms. The molecule has 144 valence electrons. The minimum Gasteiger partial charge on any atom is -0.481 e. The number of aromatic nitrogens is 2. The Balaban J connectivity index is 1.57. The standard InChI is InChI=1S/C23H17ClN2O3/c24-19-14-21-20(13-17(19)10-9-15-5-2-1-3-6-15)25-23(26-21)29-18-8-4-7-16(11-18)12-22(27)28/h1-5,7-8,11,13-15H,6,12H2,(H,25,26)(H,27,28). The molecule has 0 aliphatic heterocycles. The second kappa shape index (κ2) is 8.26. The molecule has 1 heterocycles. The van der Waals surface area contributed by atoms with Crippen LogP contribution in [0.1, 0.15) is 17.5 Å². The van der Waals surface area contributed by atoms with E-state index in [2.05, 4.69) is 34.0 Å². The fraction of sp³-hybridized carbons (Fsp3) is 0.130. The number of carbonyl (C=O) groups is 1. The largest absolute Gasteiger partial charge is 0.481 e. The lowest BCUT2D eigenvalue weighted by molar-refractivity contribution is -0.136. The van der Waals surface area contributed by atoms with Gasteiger partial charge in [0, 0.05) is 11.5 Å². The van der Waals surface area contributed by atoms with Crippen molar-refractivity contribution in [3.05, 3.63) is 76.9 Å². The normalized spacial score (nSPS) is 15.1. The number of aromatic amines is 1. The number of fused-ring (bicyclic) bond motifs is 1. The Kier molecular flexibility index (Phi) is 5.37. The number of carboxylic acid groups (broad SMARTS) is 1. The van der Waals surface area contributed by atoms with Gasteiger partial charge in [0.15, 0.2) is 0 Å². The van der Waals surface area contributed by atoms with Gasteiger partial charge in [-0.15, -0.1) is 0 Å². The molecular formula is C23H17ClN2O3. The molecule has 6 heteroatoms. The quantitative estimate of drug-likeness (QED) is 0.592. The van der Waals surface area contributed by atoms with Gasteiger partial charge >= 0.3 is 5.97 Å². The van der Waals surface area contributed by atoms with Gasteiger partial charge in [0.1, 0.15) is 5.75 Å². The molecule has 1 aliphatic rings. The number of aliphatic carboxylic acids is 1. The van der Waals surface area contributed by atoms with Crippen LogP contribution >= 0.6 is 11.6 Å². The molecule has 29 heavy (non-hydrogen) atoms. The minimum atomic E-state index is -0.895. The first-order chi connectivity index (χ1) is 14.1. The van der Waals surface area contributed by atoms with Crippen LogP contribution in [0.5, 0.6) is 11.8 Å².